The number of ketones is 1. The van der Waals surface area contributed by atoms with E-state index in [4.69, 9.17) is 46.9 Å². The molecule has 2 aliphatic heterocycles. The third kappa shape index (κ3) is 4.89. The second kappa shape index (κ2) is 10.8. The van der Waals surface area contributed by atoms with Crippen LogP contribution in [0, 0.1) is 6.92 Å². The smallest absolute Gasteiger partial charge is 0.231 e. The van der Waals surface area contributed by atoms with Gasteiger partial charge in [0.1, 0.15) is 18.2 Å². The predicted octanol–water partition coefficient (Wildman–Crippen LogP) is 6.34. The van der Waals surface area contributed by atoms with Crippen LogP contribution in [0.3, 0.4) is 0 Å². The van der Waals surface area contributed by atoms with Gasteiger partial charge in [0.15, 0.2) is 17.3 Å². The first-order valence-corrected chi connectivity index (χ1v) is 12.8. The van der Waals surface area contributed by atoms with E-state index in [0.717, 1.165) is 35.4 Å². The highest BCUT2D eigenvalue weighted by Crippen LogP contribution is 2.44. The van der Waals surface area contributed by atoms with Crippen LogP contribution >= 0.6 is 23.2 Å². The van der Waals surface area contributed by atoms with E-state index in [0.29, 0.717) is 57.4 Å². The number of carbonyl (C=O) groups is 1. The van der Waals surface area contributed by atoms with Crippen molar-refractivity contribution >= 4 is 35.1 Å². The first-order valence-electron chi connectivity index (χ1n) is 12.0. The van der Waals surface area contributed by atoms with Crippen LogP contribution in [-0.2, 0) is 13.0 Å². The van der Waals surface area contributed by atoms with Crippen LogP contribution in [0.4, 0.5) is 0 Å². The molecule has 3 aromatic carbocycles. The quantitative estimate of drug-likeness (QED) is 0.315. The van der Waals surface area contributed by atoms with Gasteiger partial charge in [-0.3, -0.25) is 9.69 Å². The molecule has 0 saturated carbocycles. The second-order valence-electron chi connectivity index (χ2n) is 9.08. The minimum absolute atomic E-state index is 0.190. The van der Waals surface area contributed by atoms with Crippen LogP contribution in [0.15, 0.2) is 42.2 Å². The summed E-state index contributed by atoms with van der Waals surface area (Å²) in [6.07, 6.45) is 2.43. The number of halogens is 2. The van der Waals surface area contributed by atoms with Crippen LogP contribution in [0.5, 0.6) is 28.7 Å². The summed E-state index contributed by atoms with van der Waals surface area (Å²) in [6.45, 7) is 3.73. The molecule has 5 rings (SSSR count). The van der Waals surface area contributed by atoms with Crippen LogP contribution in [0.2, 0.25) is 10.0 Å². The monoisotopic (exact) mass is 555 g/mol. The Morgan fingerprint density at radius 3 is 2.39 bits per heavy atom. The summed E-state index contributed by atoms with van der Waals surface area (Å²) in [7, 11) is 4.63. The van der Waals surface area contributed by atoms with Gasteiger partial charge >= 0.3 is 0 Å². The van der Waals surface area contributed by atoms with Crippen molar-refractivity contribution in [2.45, 2.75) is 19.9 Å². The van der Waals surface area contributed by atoms with Crippen molar-refractivity contribution in [3.8, 4) is 28.7 Å². The first kappa shape index (κ1) is 26.2. The standard InChI is InChI=1S/C29H27Cl2NO6/c1-16-27-19(14-32(15-37-27)8-7-18-5-6-20(30)13-22(18)31)12-21-26(33)23(38-28(16)21)9-17-10-24(34-2)29(36-4)25(11-17)35-3/h5-6,9-13H,7-8,14-15H2,1-4H3/b23-9-. The minimum Gasteiger partial charge on any atom is -0.493 e. The molecule has 38 heavy (non-hydrogen) atoms. The van der Waals surface area contributed by atoms with Crippen LogP contribution in [0.1, 0.15) is 32.6 Å². The first-order chi connectivity index (χ1) is 18.3. The second-order valence-corrected chi connectivity index (χ2v) is 9.92. The Labute approximate surface area is 231 Å². The maximum absolute atomic E-state index is 13.4. The average molecular weight is 556 g/mol. The van der Waals surface area contributed by atoms with Crippen molar-refractivity contribution in [2.75, 3.05) is 34.6 Å². The zero-order chi connectivity index (χ0) is 27.0. The number of Topliss-reactive ketones (excluding diaryl/α,β-unsaturated/α-hetero) is 1. The molecule has 0 amide bonds. The lowest BCUT2D eigenvalue weighted by Gasteiger charge is -2.30. The highest BCUT2D eigenvalue weighted by Gasteiger charge is 2.33. The summed E-state index contributed by atoms with van der Waals surface area (Å²) < 4.78 is 28.4. The van der Waals surface area contributed by atoms with Gasteiger partial charge in [-0.25, -0.2) is 0 Å². The largest absolute Gasteiger partial charge is 0.493 e. The minimum atomic E-state index is -0.190. The molecular weight excluding hydrogens is 529 g/mol. The van der Waals surface area contributed by atoms with Gasteiger partial charge in [0.05, 0.1) is 26.9 Å². The molecule has 3 aromatic rings. The van der Waals surface area contributed by atoms with Crippen LogP contribution in [0.25, 0.3) is 6.08 Å². The van der Waals surface area contributed by atoms with Crippen LogP contribution in [-0.4, -0.2) is 45.3 Å². The fourth-order valence-corrected chi connectivity index (χ4v) is 5.28. The number of carbonyl (C=O) groups excluding carboxylic acids is 1. The molecular formula is C29H27Cl2NO6. The molecule has 198 valence electrons. The fourth-order valence-electron chi connectivity index (χ4n) is 4.78. The topological polar surface area (TPSA) is 66.5 Å². The Bertz CT molecular complexity index is 1430. The molecule has 2 aliphatic rings. The average Bonchev–Trinajstić information content (AvgIpc) is 3.22. The SMILES string of the molecule is COc1cc(/C=C2\Oc3c(cc4c(c3C)OCN(CCc3ccc(Cl)cc3Cl)C4)C2=O)cc(OC)c1OC. The van der Waals surface area contributed by atoms with Crippen molar-refractivity contribution in [2.24, 2.45) is 0 Å². The van der Waals surface area contributed by atoms with E-state index in [1.54, 1.807) is 45.6 Å². The lowest BCUT2D eigenvalue weighted by Crippen LogP contribution is -2.34. The van der Waals surface area contributed by atoms with Gasteiger partial charge in [-0.2, -0.15) is 0 Å². The van der Waals surface area contributed by atoms with E-state index >= 15 is 0 Å². The Kier molecular flexibility index (Phi) is 7.43. The molecule has 0 aromatic heterocycles. The number of hydrogen-bond donors (Lipinski definition) is 0. The third-order valence-corrected chi connectivity index (χ3v) is 7.29. The van der Waals surface area contributed by atoms with Crippen molar-refractivity contribution in [3.05, 3.63) is 80.0 Å². The number of allylic oxidation sites excluding steroid dienone is 1. The molecule has 0 fully saturated rings. The predicted molar refractivity (Wildman–Crippen MR) is 146 cm³/mol. The number of ether oxygens (including phenoxy) is 5. The molecule has 0 unspecified atom stereocenters. The summed E-state index contributed by atoms with van der Waals surface area (Å²) in [5.41, 5.74) is 3.98. The fraction of sp³-hybridized carbons (Fsp3) is 0.276. The maximum Gasteiger partial charge on any atom is 0.231 e. The lowest BCUT2D eigenvalue weighted by molar-refractivity contribution is 0.0954. The zero-order valence-electron chi connectivity index (χ0n) is 21.5. The molecule has 0 bridgehead atoms. The summed E-state index contributed by atoms with van der Waals surface area (Å²) in [6, 6.07) is 10.9. The molecule has 0 saturated heterocycles. The van der Waals surface area contributed by atoms with Crippen molar-refractivity contribution in [1.82, 2.24) is 4.90 Å². The van der Waals surface area contributed by atoms with Gasteiger partial charge in [-0.05, 0) is 60.9 Å². The number of methoxy groups -OCH3 is 3. The van der Waals surface area contributed by atoms with Gasteiger partial charge < -0.3 is 23.7 Å². The number of fused-ring (bicyclic) bond motifs is 2. The summed E-state index contributed by atoms with van der Waals surface area (Å²) in [5, 5.41) is 1.27. The van der Waals surface area contributed by atoms with Crippen molar-refractivity contribution in [3.63, 3.8) is 0 Å². The number of hydrogen-bond acceptors (Lipinski definition) is 7. The Hall–Kier alpha value is -3.39. The molecule has 0 spiro atoms. The normalized spacial score (nSPS) is 15.5. The van der Waals surface area contributed by atoms with Gasteiger partial charge in [-0.1, -0.05) is 29.3 Å². The van der Waals surface area contributed by atoms with Crippen molar-refractivity contribution < 1.29 is 28.5 Å². The Balaban J connectivity index is 1.38. The molecule has 0 atom stereocenters. The van der Waals surface area contributed by atoms with E-state index < -0.39 is 0 Å². The molecule has 7 nitrogen and oxygen atoms in total. The number of nitrogens with zero attached hydrogens (tertiary/aromatic N) is 1. The molecule has 0 N–H and O–H groups in total. The van der Waals surface area contributed by atoms with E-state index in [9.17, 15) is 4.79 Å². The van der Waals surface area contributed by atoms with E-state index in [1.165, 1.54) is 0 Å². The molecule has 0 radical (unpaired) electrons. The Morgan fingerprint density at radius 1 is 1.00 bits per heavy atom. The van der Waals surface area contributed by atoms with Gasteiger partial charge in [0.2, 0.25) is 11.5 Å². The highest BCUT2D eigenvalue weighted by molar-refractivity contribution is 6.35. The Morgan fingerprint density at radius 2 is 1.74 bits per heavy atom. The number of rotatable bonds is 7. The molecule has 0 aliphatic carbocycles. The van der Waals surface area contributed by atoms with Gasteiger partial charge in [-0.15, -0.1) is 0 Å². The third-order valence-electron chi connectivity index (χ3n) is 6.70. The van der Waals surface area contributed by atoms with Gasteiger partial charge in [0, 0.05) is 34.3 Å². The maximum atomic E-state index is 13.4. The van der Waals surface area contributed by atoms with Crippen LogP contribution < -0.4 is 23.7 Å². The van der Waals surface area contributed by atoms with E-state index in [2.05, 4.69) is 4.90 Å². The van der Waals surface area contributed by atoms with E-state index in [-0.39, 0.29) is 11.5 Å². The zero-order valence-corrected chi connectivity index (χ0v) is 23.0. The van der Waals surface area contributed by atoms with Crippen molar-refractivity contribution in [1.29, 1.82) is 0 Å². The lowest BCUT2D eigenvalue weighted by atomic mass is 9.99. The number of benzene rings is 3. The summed E-state index contributed by atoms with van der Waals surface area (Å²) >= 11 is 12.4. The molecule has 2 heterocycles. The highest BCUT2D eigenvalue weighted by atomic mass is 35.5. The van der Waals surface area contributed by atoms with Gasteiger partial charge in [0.25, 0.3) is 0 Å². The molecule has 9 heteroatoms. The summed E-state index contributed by atoms with van der Waals surface area (Å²) in [5.74, 6) is 2.75. The summed E-state index contributed by atoms with van der Waals surface area (Å²) in [4.78, 5) is 15.5. The van der Waals surface area contributed by atoms with E-state index in [1.807, 2.05) is 25.1 Å².